The number of benzene rings is 3. The minimum absolute atomic E-state index is 0.186. The monoisotopic (exact) mass is 478 g/mol. The maximum absolute atomic E-state index is 13.5. The van der Waals surface area contributed by atoms with Gasteiger partial charge < -0.3 is 15.0 Å². The van der Waals surface area contributed by atoms with E-state index in [1.807, 2.05) is 87.5 Å². The highest BCUT2D eigenvalue weighted by atomic mass is 35.5. The highest BCUT2D eigenvalue weighted by molar-refractivity contribution is 6.31. The summed E-state index contributed by atoms with van der Waals surface area (Å²) in [6.07, 6.45) is 0.365. The topological polar surface area (TPSA) is 58.6 Å². The number of halogens is 1. The van der Waals surface area contributed by atoms with Crippen LogP contribution in [0, 0.1) is 0 Å². The molecular weight excluding hydrogens is 448 g/mol. The third-order valence-electron chi connectivity index (χ3n) is 5.17. The molecule has 178 valence electrons. The summed E-state index contributed by atoms with van der Waals surface area (Å²) in [5, 5.41) is 3.58. The Labute approximate surface area is 206 Å². The van der Waals surface area contributed by atoms with Crippen LogP contribution in [-0.2, 0) is 22.6 Å². The Morgan fingerprint density at radius 3 is 2.12 bits per heavy atom. The number of amides is 2. The van der Waals surface area contributed by atoms with E-state index in [9.17, 15) is 9.59 Å². The molecule has 0 saturated carbocycles. The van der Waals surface area contributed by atoms with Gasteiger partial charge in [-0.15, -0.1) is 0 Å². The molecule has 0 radical (unpaired) electrons. The number of carbonyl (C=O) groups excluding carboxylic acids is 2. The van der Waals surface area contributed by atoms with Gasteiger partial charge in [0.05, 0.1) is 0 Å². The fourth-order valence-electron chi connectivity index (χ4n) is 3.56. The van der Waals surface area contributed by atoms with E-state index in [0.717, 1.165) is 11.1 Å². The standard InChI is InChI=1S/C28H31ClN2O3/c1-28(2,3)30-27(33)25(18-21-12-6-4-7-13-21)31(19-22-14-10-11-17-24(22)29)26(32)20-34-23-15-8-5-9-16-23/h4-17,25H,18-20H2,1-3H3,(H,30,33)/t25-/m1/s1. The molecule has 1 N–H and O–H groups in total. The van der Waals surface area contributed by atoms with Crippen LogP contribution >= 0.6 is 11.6 Å². The van der Waals surface area contributed by atoms with Gasteiger partial charge in [-0.3, -0.25) is 9.59 Å². The third kappa shape index (κ3) is 7.63. The van der Waals surface area contributed by atoms with Crippen LogP contribution in [0.25, 0.3) is 0 Å². The van der Waals surface area contributed by atoms with Crippen LogP contribution in [-0.4, -0.2) is 34.9 Å². The van der Waals surface area contributed by atoms with Gasteiger partial charge in [-0.1, -0.05) is 78.3 Å². The van der Waals surface area contributed by atoms with Crippen LogP contribution < -0.4 is 10.1 Å². The number of nitrogens with zero attached hydrogens (tertiary/aromatic N) is 1. The number of ether oxygens (including phenoxy) is 1. The molecular formula is C28H31ClN2O3. The van der Waals surface area contributed by atoms with E-state index in [0.29, 0.717) is 17.2 Å². The maximum Gasteiger partial charge on any atom is 0.261 e. The summed E-state index contributed by atoms with van der Waals surface area (Å²) in [5.41, 5.74) is 1.27. The van der Waals surface area contributed by atoms with Crippen molar-refractivity contribution >= 4 is 23.4 Å². The van der Waals surface area contributed by atoms with Gasteiger partial charge in [0.25, 0.3) is 5.91 Å². The molecule has 0 bridgehead atoms. The first-order valence-electron chi connectivity index (χ1n) is 11.3. The van der Waals surface area contributed by atoms with Crippen LogP contribution in [0.2, 0.25) is 5.02 Å². The lowest BCUT2D eigenvalue weighted by Gasteiger charge is -2.34. The van der Waals surface area contributed by atoms with Gasteiger partial charge in [0, 0.05) is 23.5 Å². The Kier molecular flexibility index (Phi) is 8.72. The average Bonchev–Trinajstić information content (AvgIpc) is 2.81. The molecule has 0 spiro atoms. The van der Waals surface area contributed by atoms with E-state index in [1.54, 1.807) is 23.1 Å². The number of para-hydroxylation sites is 1. The SMILES string of the molecule is CC(C)(C)NC(=O)[C@@H](Cc1ccccc1)N(Cc1ccccc1Cl)C(=O)COc1ccccc1. The second-order valence-corrected chi connectivity index (χ2v) is 9.57. The zero-order chi connectivity index (χ0) is 24.6. The molecule has 1 atom stereocenters. The molecule has 3 aromatic rings. The Bertz CT molecular complexity index is 1080. The molecule has 0 heterocycles. The van der Waals surface area contributed by atoms with Crippen molar-refractivity contribution in [1.82, 2.24) is 10.2 Å². The number of nitrogens with one attached hydrogen (secondary N) is 1. The lowest BCUT2D eigenvalue weighted by Crippen LogP contribution is -2.55. The van der Waals surface area contributed by atoms with Crippen LogP contribution in [0.15, 0.2) is 84.9 Å². The maximum atomic E-state index is 13.5. The molecule has 34 heavy (non-hydrogen) atoms. The summed E-state index contributed by atoms with van der Waals surface area (Å²) in [6.45, 7) is 5.75. The van der Waals surface area contributed by atoms with Crippen LogP contribution in [0.3, 0.4) is 0 Å². The van der Waals surface area contributed by atoms with Gasteiger partial charge in [0.2, 0.25) is 5.91 Å². The number of rotatable bonds is 9. The minimum Gasteiger partial charge on any atom is -0.484 e. The lowest BCUT2D eigenvalue weighted by atomic mass is 10.0. The van der Waals surface area contributed by atoms with E-state index in [2.05, 4.69) is 5.32 Å². The Morgan fingerprint density at radius 1 is 0.912 bits per heavy atom. The van der Waals surface area contributed by atoms with Crippen LogP contribution in [0.5, 0.6) is 5.75 Å². The number of hydrogen-bond acceptors (Lipinski definition) is 3. The summed E-state index contributed by atoms with van der Waals surface area (Å²) in [6, 6.07) is 25.4. The molecule has 0 aliphatic rings. The van der Waals surface area contributed by atoms with Gasteiger partial charge in [0.15, 0.2) is 6.61 Å². The smallest absolute Gasteiger partial charge is 0.261 e. The molecule has 0 unspecified atom stereocenters. The molecule has 0 aliphatic heterocycles. The minimum atomic E-state index is -0.746. The first-order chi connectivity index (χ1) is 16.2. The Hall–Kier alpha value is -3.31. The van der Waals surface area contributed by atoms with Crippen molar-refractivity contribution in [1.29, 1.82) is 0 Å². The first kappa shape index (κ1) is 25.3. The second kappa shape index (κ2) is 11.7. The van der Waals surface area contributed by atoms with Gasteiger partial charge in [-0.2, -0.15) is 0 Å². The lowest BCUT2D eigenvalue weighted by molar-refractivity contribution is -0.143. The van der Waals surface area contributed by atoms with E-state index in [-0.39, 0.29) is 25.0 Å². The quantitative estimate of drug-likeness (QED) is 0.455. The summed E-state index contributed by atoms with van der Waals surface area (Å²) >= 11 is 6.43. The molecule has 3 aromatic carbocycles. The van der Waals surface area contributed by atoms with Gasteiger partial charge in [-0.05, 0) is 50.1 Å². The molecule has 6 heteroatoms. The van der Waals surface area contributed by atoms with Crippen molar-refractivity contribution < 1.29 is 14.3 Å². The summed E-state index contributed by atoms with van der Waals surface area (Å²) < 4.78 is 5.74. The number of hydrogen-bond donors (Lipinski definition) is 1. The Morgan fingerprint density at radius 2 is 1.50 bits per heavy atom. The van der Waals surface area contributed by atoms with Crippen LogP contribution in [0.1, 0.15) is 31.9 Å². The average molecular weight is 479 g/mol. The molecule has 2 amide bonds. The molecule has 0 fully saturated rings. The number of carbonyl (C=O) groups is 2. The normalized spacial score (nSPS) is 12.0. The van der Waals surface area contributed by atoms with E-state index in [1.165, 1.54) is 0 Å². The predicted octanol–water partition coefficient (Wildman–Crippen LogP) is 5.27. The van der Waals surface area contributed by atoms with Gasteiger partial charge >= 0.3 is 0 Å². The Balaban J connectivity index is 1.94. The van der Waals surface area contributed by atoms with Crippen molar-refractivity contribution in [3.05, 3.63) is 101 Å². The van der Waals surface area contributed by atoms with Crippen molar-refractivity contribution in [2.45, 2.75) is 45.3 Å². The van der Waals surface area contributed by atoms with Crippen molar-refractivity contribution in [2.75, 3.05) is 6.61 Å². The zero-order valence-electron chi connectivity index (χ0n) is 19.8. The predicted molar refractivity (Wildman–Crippen MR) is 136 cm³/mol. The zero-order valence-corrected chi connectivity index (χ0v) is 20.6. The summed E-state index contributed by atoms with van der Waals surface area (Å²) in [4.78, 5) is 28.6. The van der Waals surface area contributed by atoms with E-state index in [4.69, 9.17) is 16.3 Å². The largest absolute Gasteiger partial charge is 0.484 e. The van der Waals surface area contributed by atoms with E-state index < -0.39 is 11.6 Å². The highest BCUT2D eigenvalue weighted by Crippen LogP contribution is 2.21. The van der Waals surface area contributed by atoms with Gasteiger partial charge in [0.1, 0.15) is 11.8 Å². The first-order valence-corrected chi connectivity index (χ1v) is 11.7. The second-order valence-electron chi connectivity index (χ2n) is 9.16. The highest BCUT2D eigenvalue weighted by Gasteiger charge is 2.32. The van der Waals surface area contributed by atoms with Crippen molar-refractivity contribution in [2.24, 2.45) is 0 Å². The fourth-order valence-corrected chi connectivity index (χ4v) is 3.76. The molecule has 3 rings (SSSR count). The van der Waals surface area contributed by atoms with Crippen LogP contribution in [0.4, 0.5) is 0 Å². The fraction of sp³-hybridized carbons (Fsp3) is 0.286. The molecule has 0 aromatic heterocycles. The third-order valence-corrected chi connectivity index (χ3v) is 5.54. The van der Waals surface area contributed by atoms with Crippen molar-refractivity contribution in [3.8, 4) is 5.75 Å². The van der Waals surface area contributed by atoms with Crippen molar-refractivity contribution in [3.63, 3.8) is 0 Å². The van der Waals surface area contributed by atoms with Gasteiger partial charge in [-0.25, -0.2) is 0 Å². The molecule has 5 nitrogen and oxygen atoms in total. The summed E-state index contributed by atoms with van der Waals surface area (Å²) in [5.74, 6) is 0.0672. The summed E-state index contributed by atoms with van der Waals surface area (Å²) in [7, 11) is 0. The molecule has 0 saturated heterocycles. The van der Waals surface area contributed by atoms with E-state index >= 15 is 0 Å². The molecule has 0 aliphatic carbocycles.